The van der Waals surface area contributed by atoms with E-state index in [9.17, 15) is 4.79 Å². The van der Waals surface area contributed by atoms with Gasteiger partial charge in [-0.15, -0.1) is 0 Å². The molecule has 1 fully saturated rings. The van der Waals surface area contributed by atoms with Gasteiger partial charge >= 0.3 is 0 Å². The lowest BCUT2D eigenvalue weighted by Gasteiger charge is -2.38. The van der Waals surface area contributed by atoms with Crippen LogP contribution in [-0.2, 0) is 4.74 Å². The van der Waals surface area contributed by atoms with Crippen molar-refractivity contribution in [3.05, 3.63) is 59.2 Å². The van der Waals surface area contributed by atoms with Crippen LogP contribution in [0.25, 0.3) is 10.3 Å². The van der Waals surface area contributed by atoms with Gasteiger partial charge in [-0.3, -0.25) is 4.79 Å². The fourth-order valence-corrected chi connectivity index (χ4v) is 3.83. The number of aromatic nitrogens is 2. The lowest BCUT2D eigenvalue weighted by molar-refractivity contribution is -0.0447. The molecule has 4 rings (SSSR count). The summed E-state index contributed by atoms with van der Waals surface area (Å²) in [7, 11) is 0. The van der Waals surface area contributed by atoms with E-state index in [1.165, 1.54) is 11.3 Å². The number of nitrogens with zero attached hydrogens (tertiary/aromatic N) is 3. The number of amides is 1. The molecule has 122 valence electrons. The molecular formula is C18H17N3O2S. The second-order valence-electron chi connectivity index (χ2n) is 5.87. The van der Waals surface area contributed by atoms with Gasteiger partial charge < -0.3 is 9.64 Å². The van der Waals surface area contributed by atoms with Crippen molar-refractivity contribution in [1.82, 2.24) is 14.9 Å². The maximum Gasteiger partial charge on any atom is 0.283 e. The second-order valence-corrected chi connectivity index (χ2v) is 6.85. The van der Waals surface area contributed by atoms with Crippen LogP contribution in [0.1, 0.15) is 28.3 Å². The monoisotopic (exact) mass is 339 g/mol. The number of ether oxygens (including phenoxy) is 1. The summed E-state index contributed by atoms with van der Waals surface area (Å²) in [6, 6.07) is 13.6. The summed E-state index contributed by atoms with van der Waals surface area (Å²) in [5.41, 5.74) is 1.85. The van der Waals surface area contributed by atoms with Crippen LogP contribution in [0.3, 0.4) is 0 Å². The summed E-state index contributed by atoms with van der Waals surface area (Å²) in [5, 5.41) is 0.485. The number of carbonyl (C=O) groups excluding carboxylic acids is 1. The first-order valence-electron chi connectivity index (χ1n) is 7.91. The van der Waals surface area contributed by atoms with E-state index in [1.807, 2.05) is 54.3 Å². The van der Waals surface area contributed by atoms with Crippen LogP contribution in [0.4, 0.5) is 0 Å². The third-order valence-electron chi connectivity index (χ3n) is 4.16. The standard InChI is InChI=1S/C18H17N3O2S/c1-12-10-21(15(11-23-12)13-6-3-2-4-7-13)18(22)17-20-14-8-5-9-19-16(14)24-17/h2-9,12,15H,10-11H2,1H3/t12-,15+/m0/s1. The van der Waals surface area contributed by atoms with Crippen LogP contribution >= 0.6 is 11.3 Å². The van der Waals surface area contributed by atoms with Gasteiger partial charge in [-0.2, -0.15) is 0 Å². The number of fused-ring (bicyclic) bond motifs is 1. The smallest absolute Gasteiger partial charge is 0.283 e. The highest BCUT2D eigenvalue weighted by atomic mass is 32.1. The maximum atomic E-state index is 13.1. The lowest BCUT2D eigenvalue weighted by atomic mass is 10.0. The number of thiazole rings is 1. The predicted octanol–water partition coefficient (Wildman–Crippen LogP) is 3.29. The Labute approximate surface area is 143 Å². The van der Waals surface area contributed by atoms with Crippen LogP contribution in [0, 0.1) is 0 Å². The van der Waals surface area contributed by atoms with E-state index in [0.29, 0.717) is 18.2 Å². The number of hydrogen-bond acceptors (Lipinski definition) is 5. The van der Waals surface area contributed by atoms with Crippen molar-refractivity contribution in [3.63, 3.8) is 0 Å². The topological polar surface area (TPSA) is 55.3 Å². The van der Waals surface area contributed by atoms with Gasteiger partial charge in [0.25, 0.3) is 5.91 Å². The van der Waals surface area contributed by atoms with Crippen molar-refractivity contribution in [2.75, 3.05) is 13.2 Å². The van der Waals surface area contributed by atoms with E-state index in [2.05, 4.69) is 9.97 Å². The normalized spacial score (nSPS) is 21.1. The minimum absolute atomic E-state index is 0.0152. The number of pyridine rings is 1. The molecule has 1 aliphatic rings. The molecular weight excluding hydrogens is 322 g/mol. The van der Waals surface area contributed by atoms with Gasteiger partial charge in [0.2, 0.25) is 0 Å². The average Bonchev–Trinajstić information content (AvgIpc) is 3.06. The Bertz CT molecular complexity index is 832. The largest absolute Gasteiger partial charge is 0.374 e. The van der Waals surface area contributed by atoms with Gasteiger partial charge in [0.15, 0.2) is 5.01 Å². The molecule has 24 heavy (non-hydrogen) atoms. The molecule has 0 spiro atoms. The van der Waals surface area contributed by atoms with Crippen molar-refractivity contribution >= 4 is 27.6 Å². The molecule has 0 aliphatic carbocycles. The maximum absolute atomic E-state index is 13.1. The van der Waals surface area contributed by atoms with E-state index in [1.54, 1.807) is 6.20 Å². The Morgan fingerprint density at radius 3 is 2.88 bits per heavy atom. The molecule has 3 aromatic rings. The summed E-state index contributed by atoms with van der Waals surface area (Å²) in [6.45, 7) is 3.04. The predicted molar refractivity (Wildman–Crippen MR) is 93.0 cm³/mol. The molecule has 1 aliphatic heterocycles. The zero-order valence-corrected chi connectivity index (χ0v) is 14.1. The first-order valence-corrected chi connectivity index (χ1v) is 8.73. The van der Waals surface area contributed by atoms with Crippen molar-refractivity contribution < 1.29 is 9.53 Å². The van der Waals surface area contributed by atoms with Gasteiger partial charge in [-0.05, 0) is 24.6 Å². The highest BCUT2D eigenvalue weighted by Gasteiger charge is 2.33. The quantitative estimate of drug-likeness (QED) is 0.719. The Hall–Kier alpha value is -2.31. The highest BCUT2D eigenvalue weighted by Crippen LogP contribution is 2.29. The van der Waals surface area contributed by atoms with Crippen molar-refractivity contribution in [2.45, 2.75) is 19.1 Å². The molecule has 1 aromatic carbocycles. The fourth-order valence-electron chi connectivity index (χ4n) is 2.96. The van der Waals surface area contributed by atoms with Crippen molar-refractivity contribution in [1.29, 1.82) is 0 Å². The molecule has 0 unspecified atom stereocenters. The van der Waals surface area contributed by atoms with Gasteiger partial charge in [-0.25, -0.2) is 9.97 Å². The zero-order chi connectivity index (χ0) is 16.5. The first-order chi connectivity index (χ1) is 11.7. The van der Waals surface area contributed by atoms with E-state index in [-0.39, 0.29) is 18.1 Å². The molecule has 0 saturated carbocycles. The van der Waals surface area contributed by atoms with Crippen molar-refractivity contribution in [3.8, 4) is 0 Å². The van der Waals surface area contributed by atoms with Gasteiger partial charge in [0.1, 0.15) is 10.3 Å². The molecule has 0 N–H and O–H groups in total. The summed E-state index contributed by atoms with van der Waals surface area (Å²) in [5.74, 6) is -0.0537. The number of morpholine rings is 1. The number of benzene rings is 1. The van der Waals surface area contributed by atoms with Crippen LogP contribution in [0.15, 0.2) is 48.7 Å². The fraction of sp³-hybridized carbons (Fsp3) is 0.278. The van der Waals surface area contributed by atoms with Crippen molar-refractivity contribution in [2.24, 2.45) is 0 Å². The molecule has 5 nitrogen and oxygen atoms in total. The molecule has 1 amide bonds. The van der Waals surface area contributed by atoms with Crippen LogP contribution < -0.4 is 0 Å². The van der Waals surface area contributed by atoms with Gasteiger partial charge in [-0.1, -0.05) is 41.7 Å². The molecule has 0 bridgehead atoms. The SMILES string of the molecule is C[C@H]1CN(C(=O)c2nc3cccnc3s2)[C@@H](c2ccccc2)CO1. The summed E-state index contributed by atoms with van der Waals surface area (Å²) >= 11 is 1.34. The molecule has 3 heterocycles. The van der Waals surface area contributed by atoms with E-state index >= 15 is 0 Å². The third-order valence-corrected chi connectivity index (χ3v) is 5.13. The third kappa shape index (κ3) is 2.79. The number of hydrogen-bond donors (Lipinski definition) is 0. The Morgan fingerprint density at radius 1 is 1.25 bits per heavy atom. The minimum Gasteiger partial charge on any atom is -0.374 e. The molecule has 1 saturated heterocycles. The molecule has 6 heteroatoms. The summed E-state index contributed by atoms with van der Waals surface area (Å²) in [4.78, 5) is 24.5. The van der Waals surface area contributed by atoms with Gasteiger partial charge in [0, 0.05) is 12.7 Å². The number of carbonyl (C=O) groups is 1. The minimum atomic E-state index is -0.0881. The van der Waals surface area contributed by atoms with E-state index in [0.717, 1.165) is 15.9 Å². The second kappa shape index (κ2) is 6.30. The molecule has 0 radical (unpaired) electrons. The van der Waals surface area contributed by atoms with Crippen LogP contribution in [-0.4, -0.2) is 40.0 Å². The first kappa shape index (κ1) is 15.2. The van der Waals surface area contributed by atoms with E-state index in [4.69, 9.17) is 4.74 Å². The Balaban J connectivity index is 1.69. The van der Waals surface area contributed by atoms with Gasteiger partial charge in [0.05, 0.1) is 18.8 Å². The van der Waals surface area contributed by atoms with Crippen LogP contribution in [0.5, 0.6) is 0 Å². The Kier molecular flexibility index (Phi) is 4.00. The zero-order valence-electron chi connectivity index (χ0n) is 13.3. The van der Waals surface area contributed by atoms with E-state index < -0.39 is 0 Å². The summed E-state index contributed by atoms with van der Waals surface area (Å²) < 4.78 is 5.80. The van der Waals surface area contributed by atoms with Crippen LogP contribution in [0.2, 0.25) is 0 Å². The molecule has 2 aromatic heterocycles. The molecule has 2 atom stereocenters. The number of rotatable bonds is 2. The summed E-state index contributed by atoms with van der Waals surface area (Å²) in [6.07, 6.45) is 1.74. The Morgan fingerprint density at radius 2 is 2.08 bits per heavy atom. The highest BCUT2D eigenvalue weighted by molar-refractivity contribution is 7.19. The lowest BCUT2D eigenvalue weighted by Crippen LogP contribution is -2.46. The average molecular weight is 339 g/mol.